The number of carbonyl (C=O) groups excluding carboxylic acids is 2. The van der Waals surface area contributed by atoms with Crippen LogP contribution in [-0.2, 0) is 9.59 Å². The maximum absolute atomic E-state index is 13.8. The molecule has 4 atom stereocenters. The van der Waals surface area contributed by atoms with Gasteiger partial charge in [0, 0.05) is 43.5 Å². The number of para-hydroxylation sites is 1. The lowest BCUT2D eigenvalue weighted by Crippen LogP contribution is -2.53. The van der Waals surface area contributed by atoms with Crippen LogP contribution < -0.4 is 25.8 Å². The van der Waals surface area contributed by atoms with E-state index >= 15 is 0 Å². The molecule has 5 N–H and O–H groups in total. The molecule has 3 aliphatic heterocycles. The molecule has 2 aromatic rings. The highest BCUT2D eigenvalue weighted by atomic mass is 16.5. The SMILES string of the molecule is CCC1(CC)CC(=O)N([C@@H]2C[C@@H](CCCCCCNC(C)=O)Oc3ccc(C(O)N[C@H]4CC(C)(C)Oc5ccccc54)cc32)C(N)=N1. The van der Waals surface area contributed by atoms with Gasteiger partial charge >= 0.3 is 0 Å². The summed E-state index contributed by atoms with van der Waals surface area (Å²) in [5.41, 5.74) is 8.29. The van der Waals surface area contributed by atoms with E-state index in [0.29, 0.717) is 37.1 Å². The van der Waals surface area contributed by atoms with Crippen LogP contribution in [0.4, 0.5) is 0 Å². The zero-order valence-electron chi connectivity index (χ0n) is 28.7. The third kappa shape index (κ3) is 8.09. The molecule has 47 heavy (non-hydrogen) atoms. The van der Waals surface area contributed by atoms with Crippen LogP contribution in [-0.4, -0.2) is 51.6 Å². The number of aliphatic imine (C=N–C) groups is 1. The summed E-state index contributed by atoms with van der Waals surface area (Å²) in [5.74, 6) is 1.75. The fourth-order valence-electron chi connectivity index (χ4n) is 7.30. The lowest BCUT2D eigenvalue weighted by molar-refractivity contribution is -0.132. The van der Waals surface area contributed by atoms with Gasteiger partial charge in [0.25, 0.3) is 0 Å². The molecule has 10 nitrogen and oxygen atoms in total. The molecule has 3 aliphatic rings. The quantitative estimate of drug-likeness (QED) is 0.156. The number of ether oxygens (including phenoxy) is 2. The number of rotatable bonds is 13. The second kappa shape index (κ2) is 14.6. The molecule has 10 heteroatoms. The Bertz CT molecular complexity index is 1450. The van der Waals surface area contributed by atoms with Crippen LogP contribution in [0.25, 0.3) is 0 Å². The summed E-state index contributed by atoms with van der Waals surface area (Å²) in [4.78, 5) is 31.6. The number of guanidine groups is 1. The minimum Gasteiger partial charge on any atom is -0.490 e. The van der Waals surface area contributed by atoms with Crippen molar-refractivity contribution in [3.63, 3.8) is 0 Å². The van der Waals surface area contributed by atoms with Crippen LogP contribution in [0.5, 0.6) is 11.5 Å². The van der Waals surface area contributed by atoms with E-state index in [9.17, 15) is 14.7 Å². The summed E-state index contributed by atoms with van der Waals surface area (Å²) in [6, 6.07) is 13.2. The number of fused-ring (bicyclic) bond motifs is 2. The van der Waals surface area contributed by atoms with Crippen molar-refractivity contribution in [2.75, 3.05) is 6.54 Å². The average molecular weight is 648 g/mol. The number of nitrogens with two attached hydrogens (primary N) is 1. The maximum Gasteiger partial charge on any atom is 0.232 e. The molecule has 0 aromatic heterocycles. The van der Waals surface area contributed by atoms with Crippen molar-refractivity contribution in [2.45, 2.75) is 134 Å². The molecule has 256 valence electrons. The smallest absolute Gasteiger partial charge is 0.232 e. The van der Waals surface area contributed by atoms with Crippen molar-refractivity contribution in [3.05, 3.63) is 59.2 Å². The van der Waals surface area contributed by atoms with E-state index < -0.39 is 17.4 Å². The van der Waals surface area contributed by atoms with Crippen LogP contribution in [0, 0.1) is 0 Å². The number of aliphatic hydroxyl groups excluding tert-OH is 1. The molecular formula is C37H53N5O5. The Balaban J connectivity index is 1.37. The Morgan fingerprint density at radius 2 is 1.83 bits per heavy atom. The number of aliphatic hydroxyl groups is 1. The Labute approximate surface area is 279 Å². The first-order valence-electron chi connectivity index (χ1n) is 17.4. The predicted molar refractivity (Wildman–Crippen MR) is 183 cm³/mol. The highest BCUT2D eigenvalue weighted by molar-refractivity contribution is 5.99. The highest BCUT2D eigenvalue weighted by Gasteiger charge is 2.43. The van der Waals surface area contributed by atoms with Crippen molar-refractivity contribution in [3.8, 4) is 11.5 Å². The van der Waals surface area contributed by atoms with Crippen molar-refractivity contribution < 1.29 is 24.2 Å². The summed E-state index contributed by atoms with van der Waals surface area (Å²) >= 11 is 0. The molecular weight excluding hydrogens is 594 g/mol. The molecule has 0 radical (unpaired) electrons. The second-order valence-electron chi connectivity index (χ2n) is 14.0. The molecule has 5 rings (SSSR count). The fourth-order valence-corrected chi connectivity index (χ4v) is 7.30. The van der Waals surface area contributed by atoms with Crippen LogP contribution >= 0.6 is 0 Å². The number of benzene rings is 2. The molecule has 2 amide bonds. The first-order valence-corrected chi connectivity index (χ1v) is 17.4. The number of hydrogen-bond donors (Lipinski definition) is 4. The lowest BCUT2D eigenvalue weighted by atomic mass is 9.86. The van der Waals surface area contributed by atoms with Gasteiger partial charge in [-0.15, -0.1) is 0 Å². The summed E-state index contributed by atoms with van der Waals surface area (Å²) < 4.78 is 12.7. The van der Waals surface area contributed by atoms with Crippen LogP contribution in [0.15, 0.2) is 47.5 Å². The van der Waals surface area contributed by atoms with Gasteiger partial charge in [-0.25, -0.2) is 4.99 Å². The summed E-state index contributed by atoms with van der Waals surface area (Å²) in [7, 11) is 0. The molecule has 1 unspecified atom stereocenters. The normalized spacial score (nSPS) is 23.4. The lowest BCUT2D eigenvalue weighted by Gasteiger charge is -2.43. The monoisotopic (exact) mass is 647 g/mol. The van der Waals surface area contributed by atoms with Gasteiger partial charge in [0.1, 0.15) is 29.4 Å². The molecule has 0 fully saturated rings. The van der Waals surface area contributed by atoms with Gasteiger partial charge < -0.3 is 25.6 Å². The fraction of sp³-hybridized carbons (Fsp3) is 0.595. The van der Waals surface area contributed by atoms with E-state index in [2.05, 4.69) is 38.3 Å². The van der Waals surface area contributed by atoms with Gasteiger partial charge in [-0.1, -0.05) is 51.0 Å². The largest absolute Gasteiger partial charge is 0.490 e. The molecule has 0 saturated carbocycles. The number of unbranched alkanes of at least 4 members (excludes halogenated alkanes) is 3. The van der Waals surface area contributed by atoms with Gasteiger partial charge in [-0.05, 0) is 69.7 Å². The first-order chi connectivity index (χ1) is 22.4. The number of carbonyl (C=O) groups is 2. The Hall–Kier alpha value is -3.63. The van der Waals surface area contributed by atoms with E-state index in [1.54, 1.807) is 4.90 Å². The zero-order chi connectivity index (χ0) is 33.8. The van der Waals surface area contributed by atoms with Gasteiger partial charge in [0.15, 0.2) is 5.96 Å². The minimum atomic E-state index is -0.959. The first kappa shape index (κ1) is 34.7. The van der Waals surface area contributed by atoms with E-state index in [0.717, 1.165) is 61.8 Å². The van der Waals surface area contributed by atoms with Crippen molar-refractivity contribution in [1.29, 1.82) is 0 Å². The Morgan fingerprint density at radius 3 is 2.55 bits per heavy atom. The van der Waals surface area contributed by atoms with Crippen molar-refractivity contribution in [2.24, 2.45) is 10.7 Å². The number of hydrogen-bond acceptors (Lipinski definition) is 8. The van der Waals surface area contributed by atoms with E-state index in [1.165, 1.54) is 6.92 Å². The van der Waals surface area contributed by atoms with E-state index in [4.69, 9.17) is 20.2 Å². The summed E-state index contributed by atoms with van der Waals surface area (Å²) in [6.45, 7) is 10.4. The Kier molecular flexibility index (Phi) is 10.8. The van der Waals surface area contributed by atoms with Crippen LogP contribution in [0.2, 0.25) is 0 Å². The summed E-state index contributed by atoms with van der Waals surface area (Å²) in [6.07, 6.45) is 6.84. The zero-order valence-corrected chi connectivity index (χ0v) is 28.7. The molecule has 0 bridgehead atoms. The highest BCUT2D eigenvalue weighted by Crippen LogP contribution is 2.44. The molecule has 0 spiro atoms. The standard InChI is InChI=1S/C37H53N5O5/c1-6-37(7-2)23-33(44)42(35(38)41-37)30-21-26(14-10-8-9-13-19-39-24(3)43)46-31-18-17-25(20-28(30)31)34(45)40-29-22-36(4,5)47-32-16-12-11-15-27(29)32/h11-12,15-18,20,26,29-30,34,40,45H,6-10,13-14,19,21-23H2,1-5H3,(H2,38,41)(H,39,43)/t26-,29+,30-,34?/m1/s1. The topological polar surface area (TPSA) is 139 Å². The van der Waals surface area contributed by atoms with Gasteiger partial charge in [-0.3, -0.25) is 19.8 Å². The second-order valence-corrected chi connectivity index (χ2v) is 14.0. The van der Waals surface area contributed by atoms with Crippen molar-refractivity contribution in [1.82, 2.24) is 15.5 Å². The average Bonchev–Trinajstić information content (AvgIpc) is 3.03. The third-order valence-electron chi connectivity index (χ3n) is 10.0. The third-order valence-corrected chi connectivity index (χ3v) is 10.0. The Morgan fingerprint density at radius 1 is 1.09 bits per heavy atom. The van der Waals surface area contributed by atoms with Crippen LogP contribution in [0.1, 0.15) is 134 Å². The van der Waals surface area contributed by atoms with Crippen LogP contribution in [0.3, 0.4) is 0 Å². The number of nitrogens with zero attached hydrogens (tertiary/aromatic N) is 2. The van der Waals surface area contributed by atoms with Gasteiger partial charge in [0.05, 0.1) is 18.0 Å². The minimum absolute atomic E-state index is 0.000163. The van der Waals surface area contributed by atoms with Crippen molar-refractivity contribution >= 4 is 17.8 Å². The van der Waals surface area contributed by atoms with Gasteiger partial charge in [-0.2, -0.15) is 0 Å². The molecule has 0 saturated heterocycles. The number of amides is 2. The maximum atomic E-state index is 13.8. The predicted octanol–water partition coefficient (Wildman–Crippen LogP) is 5.95. The number of nitrogens with one attached hydrogen (secondary N) is 2. The van der Waals surface area contributed by atoms with Gasteiger partial charge in [0.2, 0.25) is 11.8 Å². The summed E-state index contributed by atoms with van der Waals surface area (Å²) in [5, 5.41) is 17.8. The van der Waals surface area contributed by atoms with E-state index in [1.807, 2.05) is 42.5 Å². The van der Waals surface area contributed by atoms with E-state index in [-0.39, 0.29) is 36.0 Å². The molecule has 3 heterocycles. The molecule has 0 aliphatic carbocycles. The molecule has 2 aromatic carbocycles.